The van der Waals surface area contributed by atoms with Crippen molar-refractivity contribution >= 4 is 27.5 Å². The second kappa shape index (κ2) is 9.81. The summed E-state index contributed by atoms with van der Waals surface area (Å²) in [6.45, 7) is 7.55. The molecule has 0 unspecified atom stereocenters. The van der Waals surface area contributed by atoms with Gasteiger partial charge in [-0.15, -0.1) is 0 Å². The number of halogens is 1. The van der Waals surface area contributed by atoms with Gasteiger partial charge >= 0.3 is 0 Å². The van der Waals surface area contributed by atoms with E-state index in [0.717, 1.165) is 17.7 Å². The van der Waals surface area contributed by atoms with Crippen LogP contribution in [0.4, 0.5) is 5.69 Å². The van der Waals surface area contributed by atoms with Crippen LogP contribution < -0.4 is 16.2 Å². The average Bonchev–Trinajstić information content (AvgIpc) is 3.06. The maximum absolute atomic E-state index is 13.3. The number of amides is 1. The van der Waals surface area contributed by atoms with Crippen molar-refractivity contribution in [2.45, 2.75) is 52.6 Å². The van der Waals surface area contributed by atoms with Gasteiger partial charge in [0.1, 0.15) is 4.47 Å². The molecule has 0 aliphatic heterocycles. The zero-order valence-electron chi connectivity index (χ0n) is 20.9. The Balaban J connectivity index is 1.32. The predicted octanol–water partition coefficient (Wildman–Crippen LogP) is 5.19. The van der Waals surface area contributed by atoms with Gasteiger partial charge < -0.3 is 10.6 Å². The summed E-state index contributed by atoms with van der Waals surface area (Å²) >= 11 is 3.52. The van der Waals surface area contributed by atoms with Gasteiger partial charge in [0, 0.05) is 30.5 Å². The minimum absolute atomic E-state index is 0.220. The highest BCUT2D eigenvalue weighted by Gasteiger charge is 2.51. The number of pyridine rings is 1. The summed E-state index contributed by atoms with van der Waals surface area (Å²) in [6, 6.07) is 11.0. The van der Waals surface area contributed by atoms with Gasteiger partial charge in [-0.2, -0.15) is 9.78 Å². The second-order valence-corrected chi connectivity index (χ2v) is 11.5. The molecule has 7 nitrogen and oxygen atoms in total. The van der Waals surface area contributed by atoms with Crippen molar-refractivity contribution in [3.8, 4) is 5.69 Å². The van der Waals surface area contributed by atoms with Crippen LogP contribution in [0.2, 0.25) is 0 Å². The molecule has 2 saturated carbocycles. The topological polar surface area (TPSA) is 88.9 Å². The van der Waals surface area contributed by atoms with Crippen LogP contribution in [0.25, 0.3) is 5.69 Å². The quantitative estimate of drug-likeness (QED) is 0.441. The molecule has 2 N–H and O–H groups in total. The molecule has 1 aromatic carbocycles. The summed E-state index contributed by atoms with van der Waals surface area (Å²) in [5.41, 5.74) is 2.80. The smallest absolute Gasteiger partial charge is 0.287 e. The Kier molecular flexibility index (Phi) is 6.72. The van der Waals surface area contributed by atoms with E-state index in [1.54, 1.807) is 42.9 Å². The van der Waals surface area contributed by atoms with Gasteiger partial charge in [-0.1, -0.05) is 26.8 Å². The Morgan fingerprint density at radius 1 is 1.19 bits per heavy atom. The lowest BCUT2D eigenvalue weighted by Gasteiger charge is -2.46. The average molecular weight is 551 g/mol. The van der Waals surface area contributed by atoms with E-state index in [9.17, 15) is 9.59 Å². The monoisotopic (exact) mass is 549 g/mol. The van der Waals surface area contributed by atoms with Crippen LogP contribution in [0, 0.1) is 23.2 Å². The summed E-state index contributed by atoms with van der Waals surface area (Å²) in [6.07, 6.45) is 8.76. The maximum Gasteiger partial charge on any atom is 0.287 e. The molecule has 36 heavy (non-hydrogen) atoms. The molecule has 188 valence electrons. The van der Waals surface area contributed by atoms with Crippen molar-refractivity contribution in [1.29, 1.82) is 0 Å². The third-order valence-corrected chi connectivity index (χ3v) is 9.22. The number of hydrogen-bond donors (Lipinski definition) is 2. The van der Waals surface area contributed by atoms with Crippen molar-refractivity contribution in [1.82, 2.24) is 20.1 Å². The number of carbonyl (C=O) groups is 1. The highest BCUT2D eigenvalue weighted by molar-refractivity contribution is 9.10. The first-order valence-electron chi connectivity index (χ1n) is 12.6. The fourth-order valence-corrected chi connectivity index (χ4v) is 6.65. The SMILES string of the molecule is C[C@@H]1[C@H]2CC[C@@H](C[C@H]1Nc1cnn(-c3cccc(C(=O)NCc4ccncc4)c3)c(=O)c1Br)C2(C)C. The molecule has 2 aliphatic carbocycles. The number of carbonyl (C=O) groups excluding carboxylic acids is 1. The Hall–Kier alpha value is -3.00. The summed E-state index contributed by atoms with van der Waals surface area (Å²) in [5, 5.41) is 11.0. The molecular formula is C28H32BrN5O2. The molecule has 2 aliphatic rings. The Morgan fingerprint density at radius 3 is 2.75 bits per heavy atom. The Morgan fingerprint density at radius 2 is 1.97 bits per heavy atom. The molecule has 0 saturated heterocycles. The first-order chi connectivity index (χ1) is 17.3. The first kappa shape index (κ1) is 24.7. The third kappa shape index (κ3) is 4.59. The summed E-state index contributed by atoms with van der Waals surface area (Å²) < 4.78 is 1.78. The highest BCUT2D eigenvalue weighted by Crippen LogP contribution is 2.57. The molecule has 2 heterocycles. The van der Waals surface area contributed by atoms with E-state index < -0.39 is 0 Å². The van der Waals surface area contributed by atoms with Gasteiger partial charge in [0.25, 0.3) is 11.5 Å². The minimum Gasteiger partial charge on any atom is -0.380 e. The molecule has 2 fully saturated rings. The van der Waals surface area contributed by atoms with E-state index in [0.29, 0.717) is 51.5 Å². The van der Waals surface area contributed by atoms with E-state index >= 15 is 0 Å². The molecule has 2 bridgehead atoms. The lowest BCUT2D eigenvalue weighted by Crippen LogP contribution is -2.45. The number of hydrogen-bond acceptors (Lipinski definition) is 5. The Bertz CT molecular complexity index is 1320. The summed E-state index contributed by atoms with van der Waals surface area (Å²) in [4.78, 5) is 30.0. The molecule has 0 radical (unpaired) electrons. The molecule has 8 heteroatoms. The van der Waals surface area contributed by atoms with Crippen LogP contribution in [0.5, 0.6) is 0 Å². The van der Waals surface area contributed by atoms with E-state index in [2.05, 4.69) is 57.4 Å². The van der Waals surface area contributed by atoms with Gasteiger partial charge in [-0.3, -0.25) is 14.6 Å². The number of benzene rings is 1. The number of nitrogens with one attached hydrogen (secondary N) is 2. The van der Waals surface area contributed by atoms with Gasteiger partial charge in [-0.25, -0.2) is 0 Å². The standard InChI is InChI=1S/C28H32BrN5O2/c1-17-22-8-7-20(28(22,2)3)14-23(17)33-24-16-32-34(27(36)25(24)29)21-6-4-5-19(13-21)26(35)31-15-18-9-11-30-12-10-18/h4-6,9-13,16-17,20,22-23,33H,7-8,14-15H2,1-3H3,(H,31,35)/t17-,20+,22-,23-/m1/s1. The second-order valence-electron chi connectivity index (χ2n) is 10.7. The minimum atomic E-state index is -0.263. The third-order valence-electron chi connectivity index (χ3n) is 8.46. The maximum atomic E-state index is 13.3. The zero-order chi connectivity index (χ0) is 25.4. The van der Waals surface area contributed by atoms with Gasteiger partial charge in [-0.05, 0) is 94.3 Å². The van der Waals surface area contributed by atoms with E-state index in [1.165, 1.54) is 17.5 Å². The number of nitrogens with zero attached hydrogens (tertiary/aromatic N) is 3. The van der Waals surface area contributed by atoms with E-state index in [1.807, 2.05) is 12.1 Å². The summed E-state index contributed by atoms with van der Waals surface area (Å²) in [5.74, 6) is 1.70. The largest absolute Gasteiger partial charge is 0.380 e. The van der Waals surface area contributed by atoms with Crippen LogP contribution >= 0.6 is 15.9 Å². The van der Waals surface area contributed by atoms with Crippen LogP contribution in [0.1, 0.15) is 56.0 Å². The zero-order valence-corrected chi connectivity index (χ0v) is 22.5. The van der Waals surface area contributed by atoms with Gasteiger partial charge in [0.15, 0.2) is 0 Å². The van der Waals surface area contributed by atoms with Crippen LogP contribution in [0.3, 0.4) is 0 Å². The fraction of sp³-hybridized carbons (Fsp3) is 0.429. The normalized spacial score (nSPS) is 24.3. The van der Waals surface area contributed by atoms with Gasteiger partial charge in [0.05, 0.1) is 17.6 Å². The first-order valence-corrected chi connectivity index (χ1v) is 13.4. The molecule has 0 spiro atoms. The Labute approximate surface area is 219 Å². The number of rotatable bonds is 6. The van der Waals surface area contributed by atoms with Crippen LogP contribution in [0.15, 0.2) is 64.3 Å². The van der Waals surface area contributed by atoms with Crippen molar-refractivity contribution in [3.63, 3.8) is 0 Å². The summed E-state index contributed by atoms with van der Waals surface area (Å²) in [7, 11) is 0. The van der Waals surface area contributed by atoms with Gasteiger partial charge in [0.2, 0.25) is 0 Å². The molecule has 1 amide bonds. The number of anilines is 1. The molecule has 2 aromatic heterocycles. The molecule has 3 aromatic rings. The van der Waals surface area contributed by atoms with Crippen LogP contribution in [-0.2, 0) is 6.54 Å². The number of fused-ring (bicyclic) bond motifs is 2. The van der Waals surface area contributed by atoms with Crippen LogP contribution in [-0.4, -0.2) is 26.7 Å². The van der Waals surface area contributed by atoms with Crippen molar-refractivity contribution in [2.24, 2.45) is 23.2 Å². The number of aromatic nitrogens is 3. The lowest BCUT2D eigenvalue weighted by atomic mass is 9.62. The predicted molar refractivity (Wildman–Crippen MR) is 144 cm³/mol. The fourth-order valence-electron chi connectivity index (χ4n) is 6.26. The highest BCUT2D eigenvalue weighted by atomic mass is 79.9. The molecule has 5 rings (SSSR count). The molecule has 4 atom stereocenters. The van der Waals surface area contributed by atoms with E-state index in [4.69, 9.17) is 0 Å². The lowest BCUT2D eigenvalue weighted by molar-refractivity contribution is 0.0691. The van der Waals surface area contributed by atoms with Crippen molar-refractivity contribution < 1.29 is 4.79 Å². The van der Waals surface area contributed by atoms with E-state index in [-0.39, 0.29) is 11.5 Å². The van der Waals surface area contributed by atoms with Crippen molar-refractivity contribution in [2.75, 3.05) is 5.32 Å². The van der Waals surface area contributed by atoms with Crippen molar-refractivity contribution in [3.05, 3.63) is 80.9 Å². The molecular weight excluding hydrogens is 518 g/mol.